The maximum absolute atomic E-state index is 10.3. The molecule has 0 bridgehead atoms. The standard InChI is InChI=1S/C15H23NO3/c1-11(16-10-14-7-4-8-19-14)15(17)12-5-3-6-13(9-12)18-2/h3,5-6,9,11,14-17H,4,7-8,10H2,1-2H3. The molecule has 3 atom stereocenters. The lowest BCUT2D eigenvalue weighted by molar-refractivity contribution is 0.0910. The van der Waals surface area contributed by atoms with E-state index >= 15 is 0 Å². The Morgan fingerprint density at radius 1 is 1.53 bits per heavy atom. The number of methoxy groups -OCH3 is 1. The predicted molar refractivity (Wildman–Crippen MR) is 74.4 cm³/mol. The molecule has 1 heterocycles. The van der Waals surface area contributed by atoms with E-state index in [9.17, 15) is 5.11 Å². The van der Waals surface area contributed by atoms with Crippen molar-refractivity contribution in [2.75, 3.05) is 20.3 Å². The van der Waals surface area contributed by atoms with E-state index < -0.39 is 6.10 Å². The summed E-state index contributed by atoms with van der Waals surface area (Å²) in [6.45, 7) is 3.64. The van der Waals surface area contributed by atoms with Gasteiger partial charge >= 0.3 is 0 Å². The highest BCUT2D eigenvalue weighted by Gasteiger charge is 2.20. The Morgan fingerprint density at radius 2 is 2.37 bits per heavy atom. The third-order valence-corrected chi connectivity index (χ3v) is 3.60. The van der Waals surface area contributed by atoms with Gasteiger partial charge in [0.1, 0.15) is 5.75 Å². The fourth-order valence-corrected chi connectivity index (χ4v) is 2.35. The Morgan fingerprint density at radius 3 is 3.05 bits per heavy atom. The molecule has 0 aromatic heterocycles. The topological polar surface area (TPSA) is 50.7 Å². The van der Waals surface area contributed by atoms with Crippen LogP contribution in [0.4, 0.5) is 0 Å². The second-order valence-corrected chi connectivity index (χ2v) is 5.05. The summed E-state index contributed by atoms with van der Waals surface area (Å²) in [7, 11) is 1.63. The van der Waals surface area contributed by atoms with Crippen molar-refractivity contribution < 1.29 is 14.6 Å². The molecular formula is C15H23NO3. The van der Waals surface area contributed by atoms with Gasteiger partial charge in [-0.05, 0) is 37.5 Å². The summed E-state index contributed by atoms with van der Waals surface area (Å²) in [5.41, 5.74) is 0.867. The van der Waals surface area contributed by atoms with Gasteiger partial charge in [0.05, 0.1) is 19.3 Å². The van der Waals surface area contributed by atoms with Crippen molar-refractivity contribution in [2.45, 2.75) is 38.0 Å². The van der Waals surface area contributed by atoms with Crippen molar-refractivity contribution in [3.63, 3.8) is 0 Å². The van der Waals surface area contributed by atoms with Crippen LogP contribution in [-0.4, -0.2) is 37.5 Å². The van der Waals surface area contributed by atoms with Crippen molar-refractivity contribution >= 4 is 0 Å². The molecule has 19 heavy (non-hydrogen) atoms. The fraction of sp³-hybridized carbons (Fsp3) is 0.600. The van der Waals surface area contributed by atoms with Crippen LogP contribution in [0.2, 0.25) is 0 Å². The lowest BCUT2D eigenvalue weighted by Crippen LogP contribution is -2.37. The molecule has 1 aromatic carbocycles. The second kappa shape index (κ2) is 6.89. The predicted octanol–water partition coefficient (Wildman–Crippen LogP) is 1.89. The molecule has 0 amide bonds. The first kappa shape index (κ1) is 14.3. The molecule has 0 aliphatic carbocycles. The zero-order valence-corrected chi connectivity index (χ0v) is 11.6. The molecule has 0 spiro atoms. The summed E-state index contributed by atoms with van der Waals surface area (Å²) >= 11 is 0. The van der Waals surface area contributed by atoms with Crippen LogP contribution in [0.1, 0.15) is 31.4 Å². The van der Waals surface area contributed by atoms with Crippen molar-refractivity contribution in [1.82, 2.24) is 5.32 Å². The Hall–Kier alpha value is -1.10. The number of ether oxygens (including phenoxy) is 2. The highest BCUT2D eigenvalue weighted by atomic mass is 16.5. The first-order chi connectivity index (χ1) is 9.20. The van der Waals surface area contributed by atoms with Crippen LogP contribution in [0.15, 0.2) is 24.3 Å². The fourth-order valence-electron chi connectivity index (χ4n) is 2.35. The minimum Gasteiger partial charge on any atom is -0.497 e. The molecular weight excluding hydrogens is 242 g/mol. The molecule has 3 unspecified atom stereocenters. The van der Waals surface area contributed by atoms with Gasteiger partial charge in [0, 0.05) is 19.2 Å². The number of aliphatic hydroxyl groups excluding tert-OH is 1. The highest BCUT2D eigenvalue weighted by molar-refractivity contribution is 5.30. The van der Waals surface area contributed by atoms with Crippen LogP contribution >= 0.6 is 0 Å². The maximum atomic E-state index is 10.3. The molecule has 4 nitrogen and oxygen atoms in total. The van der Waals surface area contributed by atoms with Crippen LogP contribution in [0.25, 0.3) is 0 Å². The molecule has 2 N–H and O–H groups in total. The molecule has 0 radical (unpaired) electrons. The third-order valence-electron chi connectivity index (χ3n) is 3.60. The lowest BCUT2D eigenvalue weighted by Gasteiger charge is -2.22. The minimum absolute atomic E-state index is 0.0173. The normalized spacial score (nSPS) is 22.2. The average Bonchev–Trinajstić information content (AvgIpc) is 2.97. The van der Waals surface area contributed by atoms with Gasteiger partial charge in [0.25, 0.3) is 0 Å². The van der Waals surface area contributed by atoms with E-state index in [1.54, 1.807) is 7.11 Å². The Kier molecular flexibility index (Phi) is 5.19. The number of nitrogens with one attached hydrogen (secondary N) is 1. The van der Waals surface area contributed by atoms with Crippen LogP contribution in [0.3, 0.4) is 0 Å². The maximum Gasteiger partial charge on any atom is 0.119 e. The van der Waals surface area contributed by atoms with Gasteiger partial charge in [-0.1, -0.05) is 12.1 Å². The Balaban J connectivity index is 1.87. The van der Waals surface area contributed by atoms with E-state index in [1.165, 1.54) is 0 Å². The van der Waals surface area contributed by atoms with E-state index in [4.69, 9.17) is 9.47 Å². The van der Waals surface area contributed by atoms with E-state index in [2.05, 4.69) is 5.32 Å². The third kappa shape index (κ3) is 3.93. The van der Waals surface area contributed by atoms with Crippen LogP contribution in [-0.2, 0) is 4.74 Å². The Labute approximate surface area is 114 Å². The van der Waals surface area contributed by atoms with Crippen molar-refractivity contribution in [1.29, 1.82) is 0 Å². The van der Waals surface area contributed by atoms with Crippen LogP contribution in [0.5, 0.6) is 5.75 Å². The smallest absolute Gasteiger partial charge is 0.119 e. The summed E-state index contributed by atoms with van der Waals surface area (Å²) in [6.07, 6.45) is 1.99. The molecule has 1 saturated heterocycles. The summed E-state index contributed by atoms with van der Waals surface area (Å²) in [5, 5.41) is 13.7. The van der Waals surface area contributed by atoms with Crippen molar-refractivity contribution in [3.8, 4) is 5.75 Å². The number of hydrogen-bond donors (Lipinski definition) is 2. The molecule has 1 aliphatic heterocycles. The van der Waals surface area contributed by atoms with E-state index in [0.29, 0.717) is 6.10 Å². The summed E-state index contributed by atoms with van der Waals surface area (Å²) in [6, 6.07) is 7.54. The zero-order chi connectivity index (χ0) is 13.7. The number of rotatable bonds is 6. The Bertz CT molecular complexity index is 391. The number of hydrogen-bond acceptors (Lipinski definition) is 4. The summed E-state index contributed by atoms with van der Waals surface area (Å²) < 4.78 is 10.7. The molecule has 1 aliphatic rings. The van der Waals surface area contributed by atoms with Crippen LogP contribution < -0.4 is 10.1 Å². The molecule has 1 aromatic rings. The van der Waals surface area contributed by atoms with Gasteiger partial charge in [-0.3, -0.25) is 0 Å². The van der Waals surface area contributed by atoms with Gasteiger partial charge in [-0.2, -0.15) is 0 Å². The molecule has 4 heteroatoms. The molecule has 1 fully saturated rings. The van der Waals surface area contributed by atoms with Gasteiger partial charge in [0.15, 0.2) is 0 Å². The number of benzene rings is 1. The largest absolute Gasteiger partial charge is 0.497 e. The van der Waals surface area contributed by atoms with Crippen molar-refractivity contribution in [3.05, 3.63) is 29.8 Å². The molecule has 106 valence electrons. The van der Waals surface area contributed by atoms with E-state index in [0.717, 1.165) is 37.3 Å². The van der Waals surface area contributed by atoms with E-state index in [-0.39, 0.29) is 6.04 Å². The quantitative estimate of drug-likeness (QED) is 0.824. The zero-order valence-electron chi connectivity index (χ0n) is 11.6. The monoisotopic (exact) mass is 265 g/mol. The first-order valence-electron chi connectivity index (χ1n) is 6.87. The SMILES string of the molecule is COc1cccc(C(O)C(C)NCC2CCCO2)c1. The van der Waals surface area contributed by atoms with Gasteiger partial charge < -0.3 is 19.9 Å². The summed E-state index contributed by atoms with van der Waals surface area (Å²) in [5.74, 6) is 0.767. The average molecular weight is 265 g/mol. The minimum atomic E-state index is -0.545. The van der Waals surface area contributed by atoms with Gasteiger partial charge in [0.2, 0.25) is 0 Å². The molecule has 0 saturated carbocycles. The van der Waals surface area contributed by atoms with Crippen molar-refractivity contribution in [2.24, 2.45) is 0 Å². The highest BCUT2D eigenvalue weighted by Crippen LogP contribution is 2.21. The van der Waals surface area contributed by atoms with Gasteiger partial charge in [-0.25, -0.2) is 0 Å². The van der Waals surface area contributed by atoms with E-state index in [1.807, 2.05) is 31.2 Å². The second-order valence-electron chi connectivity index (χ2n) is 5.05. The summed E-state index contributed by atoms with van der Waals surface area (Å²) in [4.78, 5) is 0. The molecule has 2 rings (SSSR count). The van der Waals surface area contributed by atoms with Gasteiger partial charge in [-0.15, -0.1) is 0 Å². The first-order valence-corrected chi connectivity index (χ1v) is 6.87. The number of aliphatic hydroxyl groups is 1. The lowest BCUT2D eigenvalue weighted by atomic mass is 10.0. The van der Waals surface area contributed by atoms with Crippen LogP contribution in [0, 0.1) is 0 Å².